The molecule has 1 amide bonds. The molecule has 1 heterocycles. The highest BCUT2D eigenvalue weighted by Crippen LogP contribution is 2.19. The largest absolute Gasteiger partial charge is 0.507 e. The fraction of sp³-hybridized carbons (Fsp3) is 0.143. The number of benzene rings is 1. The van der Waals surface area contributed by atoms with E-state index in [0.29, 0.717) is 0 Å². The summed E-state index contributed by atoms with van der Waals surface area (Å²) in [5, 5.41) is 12.3. The molecule has 0 aliphatic heterocycles. The summed E-state index contributed by atoms with van der Waals surface area (Å²) in [4.78, 5) is 15.8. The van der Waals surface area contributed by atoms with Gasteiger partial charge in [-0.3, -0.25) is 9.78 Å². The average Bonchev–Trinajstić information content (AvgIpc) is 2.39. The standard InChI is InChI=1S/C14H13FN2O2/c1-9(10-4-6-16-7-5-10)17-14(19)12-3-2-11(15)8-13(12)18/h2-9,18H,1H3,(H,17,19)/t9-/m0/s1. The topological polar surface area (TPSA) is 62.2 Å². The lowest BCUT2D eigenvalue weighted by molar-refractivity contribution is 0.0937. The molecule has 0 spiro atoms. The molecule has 4 nitrogen and oxygen atoms in total. The van der Waals surface area contributed by atoms with E-state index in [1.807, 2.05) is 6.92 Å². The summed E-state index contributed by atoms with van der Waals surface area (Å²) in [7, 11) is 0. The van der Waals surface area contributed by atoms with Gasteiger partial charge < -0.3 is 10.4 Å². The van der Waals surface area contributed by atoms with Crippen molar-refractivity contribution < 1.29 is 14.3 Å². The van der Waals surface area contributed by atoms with Gasteiger partial charge >= 0.3 is 0 Å². The molecule has 2 aromatic rings. The minimum atomic E-state index is -0.587. The maximum atomic E-state index is 12.8. The van der Waals surface area contributed by atoms with Gasteiger partial charge in [0.05, 0.1) is 11.6 Å². The maximum absolute atomic E-state index is 12.8. The molecular weight excluding hydrogens is 247 g/mol. The van der Waals surface area contributed by atoms with E-state index in [1.54, 1.807) is 24.5 Å². The highest BCUT2D eigenvalue weighted by Gasteiger charge is 2.15. The second-order valence-electron chi connectivity index (χ2n) is 4.14. The molecule has 98 valence electrons. The van der Waals surface area contributed by atoms with Crippen molar-refractivity contribution in [2.75, 3.05) is 0 Å². The number of carbonyl (C=O) groups excluding carboxylic acids is 1. The third-order valence-corrected chi connectivity index (χ3v) is 2.76. The zero-order valence-corrected chi connectivity index (χ0v) is 10.3. The van der Waals surface area contributed by atoms with Crippen LogP contribution in [0.5, 0.6) is 5.75 Å². The number of aromatic hydroxyl groups is 1. The van der Waals surface area contributed by atoms with Crippen molar-refractivity contribution in [3.05, 3.63) is 59.7 Å². The van der Waals surface area contributed by atoms with Crippen molar-refractivity contribution in [1.29, 1.82) is 0 Å². The summed E-state index contributed by atoms with van der Waals surface area (Å²) in [5.41, 5.74) is 0.937. The summed E-state index contributed by atoms with van der Waals surface area (Å²) in [6.07, 6.45) is 3.26. The van der Waals surface area contributed by atoms with Crippen molar-refractivity contribution in [1.82, 2.24) is 10.3 Å². The van der Waals surface area contributed by atoms with Crippen LogP contribution < -0.4 is 5.32 Å². The van der Waals surface area contributed by atoms with Gasteiger partial charge in [-0.25, -0.2) is 4.39 Å². The number of nitrogens with zero attached hydrogens (tertiary/aromatic N) is 1. The number of nitrogens with one attached hydrogen (secondary N) is 1. The van der Waals surface area contributed by atoms with E-state index in [9.17, 15) is 14.3 Å². The van der Waals surface area contributed by atoms with E-state index < -0.39 is 11.7 Å². The van der Waals surface area contributed by atoms with Crippen molar-refractivity contribution >= 4 is 5.91 Å². The Labute approximate surface area is 109 Å². The van der Waals surface area contributed by atoms with Crippen LogP contribution in [-0.2, 0) is 0 Å². The fourth-order valence-corrected chi connectivity index (χ4v) is 1.71. The molecule has 0 aliphatic rings. The summed E-state index contributed by atoms with van der Waals surface area (Å²) in [6, 6.07) is 6.63. The van der Waals surface area contributed by atoms with Gasteiger partial charge in [0.1, 0.15) is 11.6 Å². The monoisotopic (exact) mass is 260 g/mol. The molecule has 0 unspecified atom stereocenters. The van der Waals surface area contributed by atoms with Gasteiger partial charge in [0.25, 0.3) is 5.91 Å². The number of aromatic nitrogens is 1. The van der Waals surface area contributed by atoms with Gasteiger partial charge in [-0.1, -0.05) is 0 Å². The zero-order valence-electron chi connectivity index (χ0n) is 10.3. The van der Waals surface area contributed by atoms with Gasteiger partial charge in [-0.15, -0.1) is 0 Å². The predicted molar refractivity (Wildman–Crippen MR) is 68.2 cm³/mol. The van der Waals surface area contributed by atoms with Crippen LogP contribution in [0.15, 0.2) is 42.7 Å². The van der Waals surface area contributed by atoms with Gasteiger partial charge in [0.15, 0.2) is 0 Å². The van der Waals surface area contributed by atoms with Crippen molar-refractivity contribution in [2.45, 2.75) is 13.0 Å². The third-order valence-electron chi connectivity index (χ3n) is 2.76. The minimum Gasteiger partial charge on any atom is -0.507 e. The molecule has 5 heteroatoms. The minimum absolute atomic E-state index is 0.0438. The second-order valence-corrected chi connectivity index (χ2v) is 4.14. The number of carbonyl (C=O) groups is 1. The first-order valence-corrected chi connectivity index (χ1v) is 5.77. The van der Waals surface area contributed by atoms with Gasteiger partial charge in [0, 0.05) is 18.5 Å². The number of hydrogen-bond donors (Lipinski definition) is 2. The first-order chi connectivity index (χ1) is 9.08. The van der Waals surface area contributed by atoms with Crippen molar-refractivity contribution in [2.24, 2.45) is 0 Å². The molecule has 0 aliphatic carbocycles. The van der Waals surface area contributed by atoms with Gasteiger partial charge in [-0.05, 0) is 36.8 Å². The fourth-order valence-electron chi connectivity index (χ4n) is 1.71. The molecule has 0 bridgehead atoms. The molecule has 1 aromatic carbocycles. The summed E-state index contributed by atoms with van der Waals surface area (Å²) < 4.78 is 12.8. The van der Waals surface area contributed by atoms with E-state index in [1.165, 1.54) is 6.07 Å². The first-order valence-electron chi connectivity index (χ1n) is 5.77. The number of rotatable bonds is 3. The first kappa shape index (κ1) is 13.0. The highest BCUT2D eigenvalue weighted by molar-refractivity contribution is 5.97. The van der Waals surface area contributed by atoms with E-state index in [2.05, 4.69) is 10.3 Å². The second kappa shape index (κ2) is 5.48. The Morgan fingerprint density at radius 1 is 1.32 bits per heavy atom. The number of phenols is 1. The SMILES string of the molecule is C[C@H](NC(=O)c1ccc(F)cc1O)c1ccncc1. The lowest BCUT2D eigenvalue weighted by Gasteiger charge is -2.14. The van der Waals surface area contributed by atoms with E-state index >= 15 is 0 Å². The molecule has 19 heavy (non-hydrogen) atoms. The Kier molecular flexibility index (Phi) is 3.75. The molecule has 2 N–H and O–H groups in total. The Bertz CT molecular complexity index is 587. The Hall–Kier alpha value is -2.43. The molecule has 2 rings (SSSR count). The normalized spacial score (nSPS) is 11.9. The summed E-state index contributed by atoms with van der Waals surface area (Å²) in [6.45, 7) is 1.81. The van der Waals surface area contributed by atoms with Crippen LogP contribution in [-0.4, -0.2) is 16.0 Å². The molecule has 1 atom stereocenters. The van der Waals surface area contributed by atoms with Crippen LogP contribution >= 0.6 is 0 Å². The van der Waals surface area contributed by atoms with Crippen LogP contribution in [0.1, 0.15) is 28.9 Å². The Balaban J connectivity index is 2.13. The number of pyridine rings is 1. The predicted octanol–water partition coefficient (Wildman–Crippen LogP) is 2.42. The zero-order chi connectivity index (χ0) is 13.8. The van der Waals surface area contributed by atoms with Crippen molar-refractivity contribution in [3.8, 4) is 5.75 Å². The summed E-state index contributed by atoms with van der Waals surface area (Å²) in [5.74, 6) is -1.42. The number of hydrogen-bond acceptors (Lipinski definition) is 3. The third kappa shape index (κ3) is 3.07. The van der Waals surface area contributed by atoms with Gasteiger partial charge in [-0.2, -0.15) is 0 Å². The molecule has 0 fully saturated rings. The van der Waals surface area contributed by atoms with Crippen LogP contribution in [0.3, 0.4) is 0 Å². The quantitative estimate of drug-likeness (QED) is 0.890. The van der Waals surface area contributed by atoms with Crippen LogP contribution in [0.25, 0.3) is 0 Å². The van der Waals surface area contributed by atoms with E-state index in [-0.39, 0.29) is 17.4 Å². The van der Waals surface area contributed by atoms with Crippen LogP contribution in [0.2, 0.25) is 0 Å². The van der Waals surface area contributed by atoms with E-state index in [0.717, 1.165) is 17.7 Å². The van der Waals surface area contributed by atoms with E-state index in [4.69, 9.17) is 0 Å². The molecule has 1 aromatic heterocycles. The van der Waals surface area contributed by atoms with Crippen molar-refractivity contribution in [3.63, 3.8) is 0 Å². The molecular formula is C14H13FN2O2. The highest BCUT2D eigenvalue weighted by atomic mass is 19.1. The number of phenolic OH excluding ortho intramolecular Hbond substituents is 1. The van der Waals surface area contributed by atoms with Crippen LogP contribution in [0.4, 0.5) is 4.39 Å². The maximum Gasteiger partial charge on any atom is 0.255 e. The Morgan fingerprint density at radius 2 is 2.00 bits per heavy atom. The lowest BCUT2D eigenvalue weighted by Crippen LogP contribution is -2.26. The molecule has 0 radical (unpaired) electrons. The number of amides is 1. The average molecular weight is 260 g/mol. The smallest absolute Gasteiger partial charge is 0.255 e. The van der Waals surface area contributed by atoms with Gasteiger partial charge in [0.2, 0.25) is 0 Å². The number of halogens is 1. The molecule has 0 saturated heterocycles. The Morgan fingerprint density at radius 3 is 2.63 bits per heavy atom. The van der Waals surface area contributed by atoms with Crippen LogP contribution in [0, 0.1) is 5.82 Å². The summed E-state index contributed by atoms with van der Waals surface area (Å²) >= 11 is 0. The molecule has 0 saturated carbocycles. The lowest BCUT2D eigenvalue weighted by atomic mass is 10.1.